The van der Waals surface area contributed by atoms with E-state index < -0.39 is 18.1 Å². The van der Waals surface area contributed by atoms with Gasteiger partial charge in [-0.15, -0.1) is 0 Å². The fraction of sp³-hybridized carbons (Fsp3) is 0.333. The zero-order valence-electron chi connectivity index (χ0n) is 14.6. The quantitative estimate of drug-likeness (QED) is 0.794. The van der Waals surface area contributed by atoms with Gasteiger partial charge in [-0.3, -0.25) is 0 Å². The molecule has 2 aromatic carbocycles. The van der Waals surface area contributed by atoms with E-state index >= 15 is 0 Å². The minimum atomic E-state index is -3.86. The summed E-state index contributed by atoms with van der Waals surface area (Å²) in [6.07, 6.45) is 0. The molecule has 0 heterocycles. The Morgan fingerprint density at radius 3 is 2.21 bits per heavy atom. The Labute approximate surface area is 145 Å². The van der Waals surface area contributed by atoms with Gasteiger partial charge in [0.25, 0.3) is 0 Å². The Bertz CT molecular complexity index is 799. The van der Waals surface area contributed by atoms with E-state index in [2.05, 4.69) is 19.6 Å². The molecule has 1 atom stereocenters. The molecule has 4 nitrogen and oxygen atoms in total. The molecule has 1 unspecified atom stereocenters. The molecule has 0 aliphatic heterocycles. The summed E-state index contributed by atoms with van der Waals surface area (Å²) in [6.45, 7) is 8.94. The summed E-state index contributed by atoms with van der Waals surface area (Å²) in [5.41, 5.74) is 2.15. The van der Waals surface area contributed by atoms with E-state index in [1.165, 1.54) is 0 Å². The normalized spacial score (nSPS) is 13.7. The van der Waals surface area contributed by atoms with Crippen molar-refractivity contribution in [3.8, 4) is 11.1 Å². The summed E-state index contributed by atoms with van der Waals surface area (Å²) in [5.74, 6) is 0. The zero-order valence-corrected chi connectivity index (χ0v) is 16.4. The van der Waals surface area contributed by atoms with E-state index in [9.17, 15) is 8.42 Å². The first-order chi connectivity index (χ1) is 11.1. The topological polar surface area (TPSA) is 69.4 Å². The molecule has 2 aromatic rings. The van der Waals surface area contributed by atoms with Crippen LogP contribution in [-0.4, -0.2) is 22.2 Å². The Balaban J connectivity index is 2.46. The smallest absolute Gasteiger partial charge is 0.239 e. The highest BCUT2D eigenvalue weighted by molar-refractivity contribution is 7.89. The van der Waals surface area contributed by atoms with Gasteiger partial charge >= 0.3 is 0 Å². The van der Waals surface area contributed by atoms with Crippen LogP contribution < -0.4 is 5.14 Å². The standard InChI is InChI=1S/C18H25NO3SSi/c1-14(24(2,3)4)22-13-16-11-8-12-17(18(16)23(19,20)21)15-9-6-5-7-10-15/h5-12,14H,13H2,1-4H3,(H2,19,20,21). The molecule has 0 radical (unpaired) electrons. The van der Waals surface area contributed by atoms with Crippen molar-refractivity contribution in [2.75, 3.05) is 0 Å². The number of hydrogen-bond donors (Lipinski definition) is 1. The van der Waals surface area contributed by atoms with Crippen molar-refractivity contribution in [1.29, 1.82) is 0 Å². The average molecular weight is 364 g/mol. The summed E-state index contributed by atoms with van der Waals surface area (Å²) in [4.78, 5) is 0.152. The number of nitrogens with two attached hydrogens (primary N) is 1. The van der Waals surface area contributed by atoms with E-state index in [1.54, 1.807) is 12.1 Å². The number of rotatable bonds is 6. The van der Waals surface area contributed by atoms with Crippen LogP contribution in [0.25, 0.3) is 11.1 Å². The second-order valence-corrected chi connectivity index (χ2v) is 14.1. The van der Waals surface area contributed by atoms with E-state index in [0.29, 0.717) is 11.1 Å². The Kier molecular flexibility index (Phi) is 5.65. The van der Waals surface area contributed by atoms with E-state index in [4.69, 9.17) is 9.88 Å². The fourth-order valence-corrected chi connectivity index (χ4v) is 3.91. The van der Waals surface area contributed by atoms with Crippen molar-refractivity contribution < 1.29 is 13.2 Å². The van der Waals surface area contributed by atoms with Gasteiger partial charge in [-0.2, -0.15) is 0 Å². The third-order valence-electron chi connectivity index (χ3n) is 4.17. The zero-order chi connectivity index (χ0) is 18.0. The molecule has 0 bridgehead atoms. The third kappa shape index (κ3) is 4.54. The fourth-order valence-electron chi connectivity index (χ4n) is 2.34. The van der Waals surface area contributed by atoms with E-state index in [0.717, 1.165) is 5.56 Å². The SMILES string of the molecule is CC(OCc1cccc(-c2ccccc2)c1S(N)(=O)=O)[Si](C)(C)C. The van der Waals surface area contributed by atoms with Gasteiger partial charge in [-0.05, 0) is 18.1 Å². The van der Waals surface area contributed by atoms with Crippen molar-refractivity contribution in [1.82, 2.24) is 0 Å². The van der Waals surface area contributed by atoms with Gasteiger partial charge in [0.1, 0.15) is 0 Å². The Morgan fingerprint density at radius 2 is 1.67 bits per heavy atom. The first-order valence-corrected chi connectivity index (χ1v) is 13.0. The highest BCUT2D eigenvalue weighted by Crippen LogP contribution is 2.30. The Hall–Kier alpha value is -1.47. The predicted molar refractivity (Wildman–Crippen MR) is 101 cm³/mol. The molecule has 24 heavy (non-hydrogen) atoms. The van der Waals surface area contributed by atoms with Crippen LogP contribution in [-0.2, 0) is 21.4 Å². The lowest BCUT2D eigenvalue weighted by Gasteiger charge is -2.26. The maximum atomic E-state index is 12.2. The molecular formula is C18H25NO3SSi. The lowest BCUT2D eigenvalue weighted by Crippen LogP contribution is -2.37. The number of benzene rings is 2. The molecular weight excluding hydrogens is 338 g/mol. The molecule has 0 aliphatic rings. The van der Waals surface area contributed by atoms with Crippen molar-refractivity contribution >= 4 is 18.1 Å². The maximum absolute atomic E-state index is 12.2. The van der Waals surface area contributed by atoms with E-state index in [1.807, 2.05) is 43.3 Å². The number of sulfonamides is 1. The molecule has 2 N–H and O–H groups in total. The van der Waals surface area contributed by atoms with Gasteiger partial charge in [-0.25, -0.2) is 13.6 Å². The molecule has 0 fully saturated rings. The van der Waals surface area contributed by atoms with Crippen LogP contribution in [0.3, 0.4) is 0 Å². The highest BCUT2D eigenvalue weighted by atomic mass is 32.2. The number of primary sulfonamides is 1. The number of ether oxygens (including phenoxy) is 1. The van der Waals surface area contributed by atoms with Crippen LogP contribution in [0.2, 0.25) is 19.6 Å². The summed E-state index contributed by atoms with van der Waals surface area (Å²) < 4.78 is 30.4. The highest BCUT2D eigenvalue weighted by Gasteiger charge is 2.25. The van der Waals surface area contributed by atoms with Crippen molar-refractivity contribution in [3.05, 3.63) is 54.1 Å². The van der Waals surface area contributed by atoms with Crippen LogP contribution in [0.1, 0.15) is 12.5 Å². The molecule has 2 rings (SSSR count). The van der Waals surface area contributed by atoms with Crippen molar-refractivity contribution in [2.45, 2.75) is 43.8 Å². The second kappa shape index (κ2) is 7.19. The molecule has 6 heteroatoms. The molecule has 0 amide bonds. The van der Waals surface area contributed by atoms with E-state index in [-0.39, 0.29) is 17.2 Å². The monoisotopic (exact) mass is 363 g/mol. The van der Waals surface area contributed by atoms with Gasteiger partial charge < -0.3 is 4.74 Å². The minimum Gasteiger partial charge on any atom is -0.377 e. The summed E-state index contributed by atoms with van der Waals surface area (Å²) in [7, 11) is -5.32. The predicted octanol–water partition coefficient (Wildman–Crippen LogP) is 3.78. The first-order valence-electron chi connectivity index (χ1n) is 7.92. The molecule has 130 valence electrons. The lowest BCUT2D eigenvalue weighted by atomic mass is 10.0. The summed E-state index contributed by atoms with van der Waals surface area (Å²) in [6, 6.07) is 14.8. The van der Waals surface area contributed by atoms with Crippen LogP contribution >= 0.6 is 0 Å². The molecule has 0 spiro atoms. The van der Waals surface area contributed by atoms with Gasteiger partial charge in [0.15, 0.2) is 0 Å². The largest absolute Gasteiger partial charge is 0.377 e. The lowest BCUT2D eigenvalue weighted by molar-refractivity contribution is 0.0963. The second-order valence-electron chi connectivity index (χ2n) is 7.02. The van der Waals surface area contributed by atoms with Crippen molar-refractivity contribution in [3.63, 3.8) is 0 Å². The van der Waals surface area contributed by atoms with Gasteiger partial charge in [0, 0.05) is 11.3 Å². The van der Waals surface area contributed by atoms with Gasteiger partial charge in [-0.1, -0.05) is 68.2 Å². The Morgan fingerprint density at radius 1 is 1.04 bits per heavy atom. The van der Waals surface area contributed by atoms with Crippen LogP contribution in [0.15, 0.2) is 53.4 Å². The third-order valence-corrected chi connectivity index (χ3v) is 7.83. The summed E-state index contributed by atoms with van der Waals surface area (Å²) >= 11 is 0. The van der Waals surface area contributed by atoms with Crippen molar-refractivity contribution in [2.24, 2.45) is 5.14 Å². The molecule has 0 aromatic heterocycles. The molecule has 0 saturated heterocycles. The van der Waals surface area contributed by atoms with Crippen LogP contribution in [0.5, 0.6) is 0 Å². The average Bonchev–Trinajstić information content (AvgIpc) is 2.51. The van der Waals surface area contributed by atoms with Gasteiger partial charge in [0.05, 0.1) is 19.6 Å². The number of hydrogen-bond acceptors (Lipinski definition) is 3. The maximum Gasteiger partial charge on any atom is 0.239 e. The summed E-state index contributed by atoms with van der Waals surface area (Å²) in [5, 5.41) is 5.51. The minimum absolute atomic E-state index is 0.117. The molecule has 0 aliphatic carbocycles. The first kappa shape index (κ1) is 18.9. The van der Waals surface area contributed by atoms with Crippen LogP contribution in [0.4, 0.5) is 0 Å². The van der Waals surface area contributed by atoms with Gasteiger partial charge in [0.2, 0.25) is 10.0 Å². The van der Waals surface area contributed by atoms with Crippen LogP contribution in [0, 0.1) is 0 Å². The molecule has 0 saturated carbocycles.